The van der Waals surface area contributed by atoms with Crippen molar-refractivity contribution in [2.24, 2.45) is 0 Å². The van der Waals surface area contributed by atoms with Crippen LogP contribution in [0.4, 0.5) is 5.69 Å². The second kappa shape index (κ2) is 5.83. The maximum Gasteiger partial charge on any atom is 0.0766 e. The zero-order chi connectivity index (χ0) is 14.6. The Morgan fingerprint density at radius 1 is 1.20 bits per heavy atom. The summed E-state index contributed by atoms with van der Waals surface area (Å²) in [5.74, 6) is 0. The molecule has 0 bridgehead atoms. The first-order valence-corrected chi connectivity index (χ1v) is 6.96. The lowest BCUT2D eigenvalue weighted by Gasteiger charge is -2.16. The van der Waals surface area contributed by atoms with E-state index < -0.39 is 5.41 Å². The molecule has 0 amide bonds. The molecule has 20 heavy (non-hydrogen) atoms. The van der Waals surface area contributed by atoms with E-state index >= 15 is 0 Å². The van der Waals surface area contributed by atoms with Crippen LogP contribution in [0.1, 0.15) is 32.0 Å². The van der Waals surface area contributed by atoms with Crippen LogP contribution in [0.25, 0.3) is 0 Å². The van der Waals surface area contributed by atoms with Gasteiger partial charge in [-0.05, 0) is 50.6 Å². The van der Waals surface area contributed by atoms with E-state index in [2.05, 4.69) is 41.2 Å². The Kier molecular flexibility index (Phi) is 4.14. The summed E-state index contributed by atoms with van der Waals surface area (Å²) in [4.78, 5) is 0. The number of nitriles is 1. The van der Waals surface area contributed by atoms with Crippen molar-refractivity contribution in [2.75, 3.05) is 5.32 Å². The smallest absolute Gasteiger partial charge is 0.0766 e. The summed E-state index contributed by atoms with van der Waals surface area (Å²) >= 11 is 0. The standard InChI is InChI=1S/C17H21N3/c1-4-20-11-5-6-16(20)12-19-15-9-7-14(8-10-15)17(2,3)13-18/h5-11,19H,4,12H2,1-3H3. The van der Waals surface area contributed by atoms with Gasteiger partial charge in [-0.25, -0.2) is 0 Å². The van der Waals surface area contributed by atoms with E-state index in [-0.39, 0.29) is 0 Å². The number of hydrogen-bond donors (Lipinski definition) is 1. The van der Waals surface area contributed by atoms with Crippen LogP contribution in [-0.2, 0) is 18.5 Å². The molecule has 3 nitrogen and oxygen atoms in total. The van der Waals surface area contributed by atoms with Gasteiger partial charge in [0.25, 0.3) is 0 Å². The fraction of sp³-hybridized carbons (Fsp3) is 0.353. The highest BCUT2D eigenvalue weighted by Gasteiger charge is 2.18. The quantitative estimate of drug-likeness (QED) is 0.892. The van der Waals surface area contributed by atoms with Crippen molar-refractivity contribution in [1.29, 1.82) is 5.26 Å². The summed E-state index contributed by atoms with van der Waals surface area (Å²) in [5.41, 5.74) is 2.96. The molecule has 0 aliphatic heterocycles. The Morgan fingerprint density at radius 2 is 1.90 bits per heavy atom. The summed E-state index contributed by atoms with van der Waals surface area (Å²) in [6.07, 6.45) is 2.09. The molecular formula is C17H21N3. The van der Waals surface area contributed by atoms with Crippen LogP contribution in [0.2, 0.25) is 0 Å². The molecule has 0 aliphatic rings. The normalized spacial score (nSPS) is 11.1. The van der Waals surface area contributed by atoms with Crippen molar-refractivity contribution >= 4 is 5.69 Å². The van der Waals surface area contributed by atoms with Crippen molar-refractivity contribution in [1.82, 2.24) is 4.57 Å². The van der Waals surface area contributed by atoms with Gasteiger partial charge < -0.3 is 9.88 Å². The number of aromatic nitrogens is 1. The van der Waals surface area contributed by atoms with Gasteiger partial charge in [0, 0.05) is 24.1 Å². The molecule has 0 fully saturated rings. The first-order chi connectivity index (χ1) is 9.56. The average Bonchev–Trinajstić information content (AvgIpc) is 2.93. The fourth-order valence-electron chi connectivity index (χ4n) is 2.18. The van der Waals surface area contributed by atoms with Gasteiger partial charge in [0.05, 0.1) is 18.0 Å². The molecule has 0 spiro atoms. The van der Waals surface area contributed by atoms with E-state index in [1.807, 2.05) is 38.1 Å². The Labute approximate surface area is 120 Å². The third-order valence-electron chi connectivity index (χ3n) is 3.62. The molecule has 0 atom stereocenters. The first-order valence-electron chi connectivity index (χ1n) is 6.96. The summed E-state index contributed by atoms with van der Waals surface area (Å²) in [6, 6.07) is 14.6. The van der Waals surface area contributed by atoms with Gasteiger partial charge in [-0.1, -0.05) is 12.1 Å². The minimum absolute atomic E-state index is 0.435. The molecule has 104 valence electrons. The van der Waals surface area contributed by atoms with Gasteiger partial charge in [0.1, 0.15) is 0 Å². The largest absolute Gasteiger partial charge is 0.379 e. The Morgan fingerprint density at radius 3 is 2.50 bits per heavy atom. The zero-order valence-corrected chi connectivity index (χ0v) is 12.4. The average molecular weight is 267 g/mol. The molecule has 2 rings (SSSR count). The molecule has 0 radical (unpaired) electrons. The molecule has 0 saturated heterocycles. The number of hydrogen-bond acceptors (Lipinski definition) is 2. The van der Waals surface area contributed by atoms with Crippen LogP contribution >= 0.6 is 0 Å². The van der Waals surface area contributed by atoms with Crippen LogP contribution in [-0.4, -0.2) is 4.57 Å². The number of aryl methyl sites for hydroxylation is 1. The zero-order valence-electron chi connectivity index (χ0n) is 12.4. The summed E-state index contributed by atoms with van der Waals surface area (Å²) in [5, 5.41) is 12.5. The molecule has 2 aromatic rings. The highest BCUT2D eigenvalue weighted by atomic mass is 15.0. The van der Waals surface area contributed by atoms with Crippen LogP contribution in [0.3, 0.4) is 0 Å². The molecule has 0 aliphatic carbocycles. The molecular weight excluding hydrogens is 246 g/mol. The van der Waals surface area contributed by atoms with Gasteiger partial charge in [-0.2, -0.15) is 5.26 Å². The van der Waals surface area contributed by atoms with Crippen LogP contribution in [0.15, 0.2) is 42.6 Å². The van der Waals surface area contributed by atoms with E-state index in [4.69, 9.17) is 5.26 Å². The molecule has 1 heterocycles. The maximum atomic E-state index is 9.13. The van der Waals surface area contributed by atoms with Gasteiger partial charge in [0.15, 0.2) is 0 Å². The second-order valence-corrected chi connectivity index (χ2v) is 5.45. The topological polar surface area (TPSA) is 40.8 Å². The highest BCUT2D eigenvalue weighted by Crippen LogP contribution is 2.23. The van der Waals surface area contributed by atoms with Crippen LogP contribution < -0.4 is 5.32 Å². The molecule has 1 N–H and O–H groups in total. The van der Waals surface area contributed by atoms with Crippen molar-refractivity contribution in [3.8, 4) is 6.07 Å². The van der Waals surface area contributed by atoms with Crippen molar-refractivity contribution in [3.63, 3.8) is 0 Å². The van der Waals surface area contributed by atoms with Crippen molar-refractivity contribution in [2.45, 2.75) is 39.3 Å². The lowest BCUT2D eigenvalue weighted by Crippen LogP contribution is -2.13. The Bertz CT molecular complexity index is 600. The van der Waals surface area contributed by atoms with Crippen molar-refractivity contribution in [3.05, 3.63) is 53.9 Å². The van der Waals surface area contributed by atoms with E-state index in [0.717, 1.165) is 24.3 Å². The highest BCUT2D eigenvalue weighted by molar-refractivity contribution is 5.47. The third-order valence-corrected chi connectivity index (χ3v) is 3.62. The second-order valence-electron chi connectivity index (χ2n) is 5.45. The molecule has 0 unspecified atom stereocenters. The molecule has 1 aromatic carbocycles. The van der Waals surface area contributed by atoms with E-state index in [9.17, 15) is 0 Å². The third kappa shape index (κ3) is 3.03. The van der Waals surface area contributed by atoms with Crippen LogP contribution in [0.5, 0.6) is 0 Å². The number of rotatable bonds is 5. The van der Waals surface area contributed by atoms with Gasteiger partial charge in [-0.3, -0.25) is 0 Å². The Balaban J connectivity index is 2.03. The summed E-state index contributed by atoms with van der Waals surface area (Å²) in [6.45, 7) is 7.80. The van der Waals surface area contributed by atoms with E-state index in [0.29, 0.717) is 0 Å². The molecule has 1 aromatic heterocycles. The minimum Gasteiger partial charge on any atom is -0.379 e. The summed E-state index contributed by atoms with van der Waals surface area (Å²) < 4.78 is 2.22. The summed E-state index contributed by atoms with van der Waals surface area (Å²) in [7, 11) is 0. The lowest BCUT2D eigenvalue weighted by atomic mass is 9.86. The minimum atomic E-state index is -0.435. The predicted octanol–water partition coefficient (Wildman–Crippen LogP) is 3.92. The van der Waals surface area contributed by atoms with Crippen LogP contribution in [0, 0.1) is 11.3 Å². The van der Waals surface area contributed by atoms with Gasteiger partial charge in [-0.15, -0.1) is 0 Å². The predicted molar refractivity (Wildman–Crippen MR) is 82.5 cm³/mol. The monoisotopic (exact) mass is 267 g/mol. The number of benzene rings is 1. The number of nitrogens with one attached hydrogen (secondary N) is 1. The SMILES string of the molecule is CCn1cccc1CNc1ccc(C(C)(C)C#N)cc1. The van der Waals surface area contributed by atoms with Gasteiger partial charge >= 0.3 is 0 Å². The molecule has 3 heteroatoms. The van der Waals surface area contributed by atoms with E-state index in [1.165, 1.54) is 5.69 Å². The fourth-order valence-corrected chi connectivity index (χ4v) is 2.18. The molecule has 0 saturated carbocycles. The maximum absolute atomic E-state index is 9.13. The van der Waals surface area contributed by atoms with Gasteiger partial charge in [0.2, 0.25) is 0 Å². The first kappa shape index (κ1) is 14.2. The van der Waals surface area contributed by atoms with E-state index in [1.54, 1.807) is 0 Å². The van der Waals surface area contributed by atoms with Crippen molar-refractivity contribution < 1.29 is 0 Å². The Hall–Kier alpha value is -2.21. The number of anilines is 1. The lowest BCUT2D eigenvalue weighted by molar-refractivity contribution is 0.687. The number of nitrogens with zero attached hydrogens (tertiary/aromatic N) is 2.